The topological polar surface area (TPSA) is 33.7 Å². The molecule has 0 saturated heterocycles. The molecule has 1 aromatic rings. The van der Waals surface area contributed by atoms with E-state index in [0.717, 1.165) is 45.2 Å². The van der Waals surface area contributed by atoms with E-state index in [2.05, 4.69) is 36.4 Å². The molecule has 1 unspecified atom stereocenters. The van der Waals surface area contributed by atoms with Gasteiger partial charge in [0.1, 0.15) is 5.75 Å². The van der Waals surface area contributed by atoms with Gasteiger partial charge in [0.2, 0.25) is 0 Å². The quantitative estimate of drug-likeness (QED) is 0.718. The molecule has 0 amide bonds. The Hall–Kier alpha value is -1.10. The summed E-state index contributed by atoms with van der Waals surface area (Å²) in [5.41, 5.74) is 1.32. The fourth-order valence-electron chi connectivity index (χ4n) is 2.17. The predicted octanol–water partition coefficient (Wildman–Crippen LogP) is 1.33. The zero-order valence-corrected chi connectivity index (χ0v) is 11.9. The summed E-state index contributed by atoms with van der Waals surface area (Å²) in [5, 5.41) is 3.44. The van der Waals surface area contributed by atoms with Gasteiger partial charge in [0.15, 0.2) is 0 Å². The number of hydrogen-bond acceptors (Lipinski definition) is 4. The van der Waals surface area contributed by atoms with Crippen molar-refractivity contribution < 1.29 is 9.47 Å². The minimum Gasteiger partial charge on any atom is -0.493 e. The van der Waals surface area contributed by atoms with Crippen LogP contribution in [0.15, 0.2) is 24.3 Å². The smallest absolute Gasteiger partial charge is 0.122 e. The van der Waals surface area contributed by atoms with Gasteiger partial charge < -0.3 is 19.7 Å². The maximum Gasteiger partial charge on any atom is 0.122 e. The molecule has 1 N–H and O–H groups in total. The van der Waals surface area contributed by atoms with E-state index < -0.39 is 0 Å². The van der Waals surface area contributed by atoms with Gasteiger partial charge in [0.05, 0.1) is 19.8 Å². The first-order chi connectivity index (χ1) is 9.27. The predicted molar refractivity (Wildman–Crippen MR) is 76.9 cm³/mol. The summed E-state index contributed by atoms with van der Waals surface area (Å²) in [6.07, 6.45) is 0. The van der Waals surface area contributed by atoms with Crippen LogP contribution in [0.3, 0.4) is 0 Å². The molecule has 0 radical (unpaired) electrons. The van der Waals surface area contributed by atoms with Gasteiger partial charge in [0.25, 0.3) is 0 Å². The van der Waals surface area contributed by atoms with Crippen LogP contribution in [0.4, 0.5) is 0 Å². The number of benzene rings is 1. The van der Waals surface area contributed by atoms with Crippen LogP contribution in [0.2, 0.25) is 0 Å². The largest absolute Gasteiger partial charge is 0.493 e. The van der Waals surface area contributed by atoms with Gasteiger partial charge in [-0.2, -0.15) is 0 Å². The van der Waals surface area contributed by atoms with Gasteiger partial charge >= 0.3 is 0 Å². The van der Waals surface area contributed by atoms with E-state index in [0.29, 0.717) is 5.92 Å². The van der Waals surface area contributed by atoms with Crippen LogP contribution in [0.5, 0.6) is 5.75 Å². The molecule has 1 aliphatic heterocycles. The van der Waals surface area contributed by atoms with Gasteiger partial charge in [-0.15, -0.1) is 0 Å². The van der Waals surface area contributed by atoms with Crippen molar-refractivity contribution >= 4 is 0 Å². The molecule has 1 aliphatic rings. The summed E-state index contributed by atoms with van der Waals surface area (Å²) in [6, 6.07) is 8.29. The molecule has 1 aromatic carbocycles. The standard InChI is InChI=1S/C15H24N2O2/c1-17(2)8-10-18-9-7-16-11-13-12-19-15-6-4-3-5-14(13)15/h3-6,13,16H,7-12H2,1-2H3. The van der Waals surface area contributed by atoms with E-state index in [4.69, 9.17) is 9.47 Å². The van der Waals surface area contributed by atoms with E-state index >= 15 is 0 Å². The second kappa shape index (κ2) is 7.48. The molecule has 0 aliphatic carbocycles. The second-order valence-electron chi connectivity index (χ2n) is 5.17. The molecule has 4 heteroatoms. The average Bonchev–Trinajstić information content (AvgIpc) is 2.81. The third-order valence-corrected chi connectivity index (χ3v) is 3.30. The maximum absolute atomic E-state index is 5.66. The fourth-order valence-corrected chi connectivity index (χ4v) is 2.17. The van der Waals surface area contributed by atoms with E-state index in [-0.39, 0.29) is 0 Å². The highest BCUT2D eigenvalue weighted by Crippen LogP contribution is 2.32. The first kappa shape index (κ1) is 14.3. The summed E-state index contributed by atoms with van der Waals surface area (Å²) in [5.74, 6) is 1.51. The minimum absolute atomic E-state index is 0.470. The summed E-state index contributed by atoms with van der Waals surface area (Å²) in [7, 11) is 4.11. The molecule has 0 aromatic heterocycles. The van der Waals surface area contributed by atoms with Crippen molar-refractivity contribution in [2.45, 2.75) is 5.92 Å². The first-order valence-corrected chi connectivity index (χ1v) is 6.92. The van der Waals surface area contributed by atoms with Crippen molar-refractivity contribution in [2.24, 2.45) is 0 Å². The average molecular weight is 264 g/mol. The van der Waals surface area contributed by atoms with Crippen LogP contribution in [0.1, 0.15) is 11.5 Å². The third kappa shape index (κ3) is 4.49. The number of ether oxygens (including phenoxy) is 2. The lowest BCUT2D eigenvalue weighted by atomic mass is 10.0. The van der Waals surface area contributed by atoms with Gasteiger partial charge in [-0.1, -0.05) is 18.2 Å². The lowest BCUT2D eigenvalue weighted by Crippen LogP contribution is -2.27. The molecule has 1 heterocycles. The molecular weight excluding hydrogens is 240 g/mol. The van der Waals surface area contributed by atoms with Crippen LogP contribution in [-0.4, -0.2) is 58.5 Å². The van der Waals surface area contributed by atoms with E-state index in [1.807, 2.05) is 12.1 Å². The van der Waals surface area contributed by atoms with Crippen molar-refractivity contribution in [1.29, 1.82) is 0 Å². The van der Waals surface area contributed by atoms with E-state index in [1.165, 1.54) is 5.56 Å². The van der Waals surface area contributed by atoms with Crippen LogP contribution in [0, 0.1) is 0 Å². The van der Waals surface area contributed by atoms with Crippen molar-refractivity contribution in [3.63, 3.8) is 0 Å². The maximum atomic E-state index is 5.66. The highest BCUT2D eigenvalue weighted by Gasteiger charge is 2.22. The number of fused-ring (bicyclic) bond motifs is 1. The fraction of sp³-hybridized carbons (Fsp3) is 0.600. The second-order valence-corrected chi connectivity index (χ2v) is 5.17. The van der Waals surface area contributed by atoms with Crippen molar-refractivity contribution in [3.8, 4) is 5.75 Å². The minimum atomic E-state index is 0.470. The first-order valence-electron chi connectivity index (χ1n) is 6.92. The van der Waals surface area contributed by atoms with Gasteiger partial charge in [0, 0.05) is 31.1 Å². The zero-order chi connectivity index (χ0) is 13.5. The Morgan fingerprint density at radius 3 is 3.00 bits per heavy atom. The van der Waals surface area contributed by atoms with Crippen molar-refractivity contribution in [2.75, 3.05) is 53.6 Å². The lowest BCUT2D eigenvalue weighted by Gasteiger charge is -2.12. The van der Waals surface area contributed by atoms with Crippen molar-refractivity contribution in [1.82, 2.24) is 10.2 Å². The summed E-state index contributed by atoms with van der Waals surface area (Å²) in [4.78, 5) is 2.13. The normalized spacial score (nSPS) is 17.5. The number of nitrogens with one attached hydrogen (secondary N) is 1. The number of para-hydroxylation sites is 1. The van der Waals surface area contributed by atoms with Crippen LogP contribution in [-0.2, 0) is 4.74 Å². The van der Waals surface area contributed by atoms with Crippen LogP contribution >= 0.6 is 0 Å². The molecular formula is C15H24N2O2. The van der Waals surface area contributed by atoms with Gasteiger partial charge in [-0.05, 0) is 20.2 Å². The number of nitrogens with zero attached hydrogens (tertiary/aromatic N) is 1. The Balaban J connectivity index is 1.57. The number of likely N-dealkylation sites (N-methyl/N-ethyl adjacent to an activating group) is 1. The van der Waals surface area contributed by atoms with Gasteiger partial charge in [-0.25, -0.2) is 0 Å². The Bertz CT molecular complexity index is 382. The Labute approximate surface area is 115 Å². The molecule has 0 fully saturated rings. The molecule has 0 bridgehead atoms. The zero-order valence-electron chi connectivity index (χ0n) is 11.9. The van der Waals surface area contributed by atoms with Gasteiger partial charge in [-0.3, -0.25) is 0 Å². The molecule has 0 saturated carbocycles. The van der Waals surface area contributed by atoms with E-state index in [9.17, 15) is 0 Å². The SMILES string of the molecule is CN(C)CCOCCNCC1COc2ccccc21. The third-order valence-electron chi connectivity index (χ3n) is 3.30. The molecule has 1 atom stereocenters. The van der Waals surface area contributed by atoms with Crippen LogP contribution < -0.4 is 10.1 Å². The van der Waals surface area contributed by atoms with Crippen molar-refractivity contribution in [3.05, 3.63) is 29.8 Å². The Morgan fingerprint density at radius 1 is 1.32 bits per heavy atom. The monoisotopic (exact) mass is 264 g/mol. The van der Waals surface area contributed by atoms with E-state index in [1.54, 1.807) is 0 Å². The summed E-state index contributed by atoms with van der Waals surface area (Å²) < 4.78 is 11.2. The molecule has 4 nitrogen and oxygen atoms in total. The highest BCUT2D eigenvalue weighted by atomic mass is 16.5. The molecule has 106 valence electrons. The number of hydrogen-bond donors (Lipinski definition) is 1. The molecule has 19 heavy (non-hydrogen) atoms. The number of rotatable bonds is 8. The highest BCUT2D eigenvalue weighted by molar-refractivity contribution is 5.39. The Kier molecular flexibility index (Phi) is 5.63. The van der Waals surface area contributed by atoms with Crippen LogP contribution in [0.25, 0.3) is 0 Å². The Morgan fingerprint density at radius 2 is 2.16 bits per heavy atom. The molecule has 2 rings (SSSR count). The lowest BCUT2D eigenvalue weighted by molar-refractivity contribution is 0.119. The summed E-state index contributed by atoms with van der Waals surface area (Å²) in [6.45, 7) is 5.17. The molecule has 0 spiro atoms. The summed E-state index contributed by atoms with van der Waals surface area (Å²) >= 11 is 0.